The van der Waals surface area contributed by atoms with Crippen molar-refractivity contribution in [3.8, 4) is 23.7 Å². The van der Waals surface area contributed by atoms with Gasteiger partial charge in [0, 0.05) is 23.2 Å². The van der Waals surface area contributed by atoms with Gasteiger partial charge in [0.1, 0.15) is 0 Å². The van der Waals surface area contributed by atoms with E-state index in [9.17, 15) is 0 Å². The summed E-state index contributed by atoms with van der Waals surface area (Å²) in [4.78, 5) is 0. The average Bonchev–Trinajstić information content (AvgIpc) is 2.87. The molecule has 2 atom stereocenters. The number of hydrogen-bond donors (Lipinski definition) is 2. The molecule has 2 aliphatic carbocycles. The lowest BCUT2D eigenvalue weighted by Crippen LogP contribution is -2.53. The van der Waals surface area contributed by atoms with Gasteiger partial charge in [-0.05, 0) is 49.9 Å². The van der Waals surface area contributed by atoms with E-state index in [0.29, 0.717) is 12.1 Å². The number of hydrogen-bond acceptors (Lipinski definition) is 2. The fourth-order valence-corrected chi connectivity index (χ4v) is 4.85. The molecule has 2 heteroatoms. The van der Waals surface area contributed by atoms with Crippen LogP contribution in [-0.2, 0) is 0 Å². The summed E-state index contributed by atoms with van der Waals surface area (Å²) in [5.41, 5.74) is 2.13. The van der Waals surface area contributed by atoms with Crippen molar-refractivity contribution in [2.24, 2.45) is 0 Å². The van der Waals surface area contributed by atoms with Gasteiger partial charge in [-0.3, -0.25) is 10.6 Å². The normalized spacial score (nSPS) is 19.1. The number of nitrogens with one attached hydrogen (secondary N) is 2. The van der Waals surface area contributed by atoms with Crippen LogP contribution in [0.1, 0.15) is 75.3 Å². The van der Waals surface area contributed by atoms with Crippen LogP contribution < -0.4 is 10.6 Å². The summed E-state index contributed by atoms with van der Waals surface area (Å²) in [6.45, 7) is 0. The Morgan fingerprint density at radius 1 is 0.531 bits per heavy atom. The van der Waals surface area contributed by atoms with Crippen molar-refractivity contribution in [3.05, 3.63) is 71.8 Å². The van der Waals surface area contributed by atoms with Crippen molar-refractivity contribution in [3.63, 3.8) is 0 Å². The van der Waals surface area contributed by atoms with Crippen LogP contribution in [0.5, 0.6) is 0 Å². The van der Waals surface area contributed by atoms with Gasteiger partial charge in [-0.15, -0.1) is 0 Å². The van der Waals surface area contributed by atoms with Gasteiger partial charge in [-0.25, -0.2) is 0 Å². The summed E-state index contributed by atoms with van der Waals surface area (Å²) in [6, 6.07) is 21.8. The molecule has 0 aromatic heterocycles. The SMILES string of the molecule is C(#C[C@H](NC1CCCCC1)[C@@H](C#Cc1ccccc1)NC1CCCCC1)c1ccccc1. The quantitative estimate of drug-likeness (QED) is 0.604. The lowest BCUT2D eigenvalue weighted by atomic mass is 9.92. The van der Waals surface area contributed by atoms with E-state index in [0.717, 1.165) is 11.1 Å². The van der Waals surface area contributed by atoms with E-state index in [2.05, 4.69) is 82.8 Å². The van der Waals surface area contributed by atoms with Crippen LogP contribution in [0.2, 0.25) is 0 Å². The van der Waals surface area contributed by atoms with E-state index in [1.807, 2.05) is 12.1 Å². The Bertz CT molecular complexity index is 837. The average molecular weight is 425 g/mol. The molecule has 0 radical (unpaired) electrons. The molecule has 4 rings (SSSR count). The molecule has 0 spiro atoms. The minimum absolute atomic E-state index is 0.0106. The summed E-state index contributed by atoms with van der Waals surface area (Å²) < 4.78 is 0. The molecule has 2 aromatic carbocycles. The Morgan fingerprint density at radius 2 is 0.906 bits per heavy atom. The maximum atomic E-state index is 3.91. The van der Waals surface area contributed by atoms with Crippen molar-refractivity contribution in [2.75, 3.05) is 0 Å². The molecule has 0 unspecified atom stereocenters. The van der Waals surface area contributed by atoms with Crippen LogP contribution >= 0.6 is 0 Å². The van der Waals surface area contributed by atoms with Crippen molar-refractivity contribution in [1.29, 1.82) is 0 Å². The zero-order chi connectivity index (χ0) is 21.8. The van der Waals surface area contributed by atoms with Crippen LogP contribution in [0.3, 0.4) is 0 Å². The smallest absolute Gasteiger partial charge is 0.0965 e. The largest absolute Gasteiger partial charge is 0.299 e. The highest BCUT2D eigenvalue weighted by Crippen LogP contribution is 2.20. The zero-order valence-corrected chi connectivity index (χ0v) is 19.2. The fourth-order valence-electron chi connectivity index (χ4n) is 4.85. The Balaban J connectivity index is 1.60. The second kappa shape index (κ2) is 12.5. The molecule has 0 aliphatic heterocycles. The van der Waals surface area contributed by atoms with E-state index in [1.54, 1.807) is 0 Å². The lowest BCUT2D eigenvalue weighted by Gasteiger charge is -2.32. The maximum Gasteiger partial charge on any atom is 0.0965 e. The first-order valence-corrected chi connectivity index (χ1v) is 12.5. The highest BCUT2D eigenvalue weighted by Gasteiger charge is 2.25. The van der Waals surface area contributed by atoms with Crippen molar-refractivity contribution in [2.45, 2.75) is 88.4 Å². The van der Waals surface area contributed by atoms with Crippen LogP contribution in [-0.4, -0.2) is 24.2 Å². The Hall–Kier alpha value is -2.52. The first kappa shape index (κ1) is 22.7. The van der Waals surface area contributed by atoms with E-state index in [4.69, 9.17) is 0 Å². The predicted octanol–water partition coefficient (Wildman–Crippen LogP) is 5.67. The molecular formula is C30H36N2. The van der Waals surface area contributed by atoms with Gasteiger partial charge in [-0.1, -0.05) is 98.6 Å². The number of rotatable bonds is 5. The van der Waals surface area contributed by atoms with E-state index in [-0.39, 0.29) is 12.1 Å². The summed E-state index contributed by atoms with van der Waals surface area (Å²) in [6.07, 6.45) is 12.9. The lowest BCUT2D eigenvalue weighted by molar-refractivity contribution is 0.308. The van der Waals surface area contributed by atoms with Gasteiger partial charge < -0.3 is 0 Å². The molecule has 2 aromatic rings. The van der Waals surface area contributed by atoms with Crippen molar-refractivity contribution >= 4 is 0 Å². The van der Waals surface area contributed by atoms with Gasteiger partial charge in [-0.2, -0.15) is 0 Å². The van der Waals surface area contributed by atoms with Gasteiger partial charge in [0.2, 0.25) is 0 Å². The zero-order valence-electron chi connectivity index (χ0n) is 19.2. The standard InChI is InChI=1S/C30H36N2/c1-5-13-25(14-6-1)21-23-29(31-27-17-9-3-10-18-27)30(32-28-19-11-4-12-20-28)24-22-26-15-7-2-8-16-26/h1-2,5-8,13-16,27-32H,3-4,9-12,17-20H2/t29-,30+. The molecule has 2 nitrogen and oxygen atoms in total. The van der Waals surface area contributed by atoms with Gasteiger partial charge in [0.15, 0.2) is 0 Å². The molecule has 2 N–H and O–H groups in total. The Morgan fingerprint density at radius 3 is 1.28 bits per heavy atom. The fraction of sp³-hybridized carbons (Fsp3) is 0.467. The van der Waals surface area contributed by atoms with Gasteiger partial charge >= 0.3 is 0 Å². The van der Waals surface area contributed by atoms with Crippen molar-refractivity contribution in [1.82, 2.24) is 10.6 Å². The third-order valence-corrected chi connectivity index (χ3v) is 6.67. The maximum absolute atomic E-state index is 3.91. The highest BCUT2D eigenvalue weighted by atomic mass is 15.0. The third-order valence-electron chi connectivity index (χ3n) is 6.67. The first-order chi connectivity index (χ1) is 15.9. The predicted molar refractivity (Wildman–Crippen MR) is 134 cm³/mol. The molecule has 2 saturated carbocycles. The third kappa shape index (κ3) is 7.27. The molecule has 32 heavy (non-hydrogen) atoms. The monoisotopic (exact) mass is 424 g/mol. The molecule has 0 heterocycles. The van der Waals surface area contributed by atoms with Crippen LogP contribution in [0.4, 0.5) is 0 Å². The second-order valence-electron chi connectivity index (χ2n) is 9.23. The Labute approximate surface area is 194 Å². The van der Waals surface area contributed by atoms with Crippen molar-refractivity contribution < 1.29 is 0 Å². The minimum Gasteiger partial charge on any atom is -0.299 e. The van der Waals surface area contributed by atoms with Gasteiger partial charge in [0.05, 0.1) is 12.1 Å². The summed E-state index contributed by atoms with van der Waals surface area (Å²) >= 11 is 0. The van der Waals surface area contributed by atoms with Crippen LogP contribution in [0.25, 0.3) is 0 Å². The molecule has 0 amide bonds. The molecule has 0 saturated heterocycles. The van der Waals surface area contributed by atoms with Crippen LogP contribution in [0, 0.1) is 23.7 Å². The van der Waals surface area contributed by atoms with E-state index < -0.39 is 0 Å². The highest BCUT2D eigenvalue weighted by molar-refractivity contribution is 5.39. The van der Waals surface area contributed by atoms with Crippen LogP contribution in [0.15, 0.2) is 60.7 Å². The summed E-state index contributed by atoms with van der Waals surface area (Å²) in [5.74, 6) is 14.0. The second-order valence-corrected chi connectivity index (χ2v) is 9.23. The molecule has 2 fully saturated rings. The molecule has 166 valence electrons. The molecule has 0 bridgehead atoms. The molecular weight excluding hydrogens is 388 g/mol. The summed E-state index contributed by atoms with van der Waals surface area (Å²) in [7, 11) is 0. The first-order valence-electron chi connectivity index (χ1n) is 12.5. The summed E-state index contributed by atoms with van der Waals surface area (Å²) in [5, 5.41) is 7.83. The van der Waals surface area contributed by atoms with E-state index in [1.165, 1.54) is 64.2 Å². The Kier molecular flexibility index (Phi) is 8.85. The van der Waals surface area contributed by atoms with Gasteiger partial charge in [0.25, 0.3) is 0 Å². The topological polar surface area (TPSA) is 24.1 Å². The minimum atomic E-state index is 0.0106. The van der Waals surface area contributed by atoms with E-state index >= 15 is 0 Å². The molecule has 2 aliphatic rings. The number of benzene rings is 2.